The number of rotatable bonds is 5. The number of hydrogen-bond donors (Lipinski definition) is 1. The molecule has 138 valence electrons. The number of nitrogens with one attached hydrogen (secondary N) is 1. The number of aromatic nitrogens is 1. The number of nitrogens with zero attached hydrogens (tertiary/aromatic N) is 1. The first-order chi connectivity index (χ1) is 12.8. The summed E-state index contributed by atoms with van der Waals surface area (Å²) in [4.78, 5) is 37.7. The SMILES string of the molecule is CC(C)c1ccc(C=c2sc(=CC(=O)c3ccco3)[nH]c2=O)cc1[N+](=O)[O-]. The highest BCUT2D eigenvalue weighted by Gasteiger charge is 2.16. The van der Waals surface area contributed by atoms with Crippen LogP contribution in [0.2, 0.25) is 0 Å². The lowest BCUT2D eigenvalue weighted by atomic mass is 9.99. The van der Waals surface area contributed by atoms with E-state index in [-0.39, 0.29) is 28.7 Å². The Morgan fingerprint density at radius 3 is 2.74 bits per heavy atom. The van der Waals surface area contributed by atoms with Gasteiger partial charge in [-0.2, -0.15) is 0 Å². The average Bonchev–Trinajstić information content (AvgIpc) is 3.25. The number of hydrogen-bond acceptors (Lipinski definition) is 6. The van der Waals surface area contributed by atoms with Crippen molar-refractivity contribution in [1.29, 1.82) is 0 Å². The molecule has 0 fully saturated rings. The van der Waals surface area contributed by atoms with Gasteiger partial charge in [-0.3, -0.25) is 19.7 Å². The topological polar surface area (TPSA) is 106 Å². The largest absolute Gasteiger partial charge is 0.461 e. The number of benzene rings is 1. The molecule has 3 rings (SSSR count). The molecule has 0 radical (unpaired) electrons. The molecule has 8 heteroatoms. The van der Waals surface area contributed by atoms with Crippen molar-refractivity contribution < 1.29 is 14.1 Å². The quantitative estimate of drug-likeness (QED) is 0.413. The molecule has 0 atom stereocenters. The molecule has 3 aromatic rings. The molecule has 0 spiro atoms. The van der Waals surface area contributed by atoms with Crippen LogP contribution in [0.15, 0.2) is 45.8 Å². The summed E-state index contributed by atoms with van der Waals surface area (Å²) in [6.45, 7) is 3.77. The molecule has 2 aromatic heterocycles. The van der Waals surface area contributed by atoms with E-state index in [1.54, 1.807) is 24.3 Å². The van der Waals surface area contributed by atoms with E-state index in [1.807, 2.05) is 13.8 Å². The zero-order valence-electron chi connectivity index (χ0n) is 14.6. The predicted molar refractivity (Wildman–Crippen MR) is 102 cm³/mol. The van der Waals surface area contributed by atoms with E-state index < -0.39 is 4.92 Å². The number of nitro groups is 1. The third kappa shape index (κ3) is 4.12. The van der Waals surface area contributed by atoms with E-state index in [4.69, 9.17) is 4.42 Å². The predicted octanol–water partition coefficient (Wildman–Crippen LogP) is 2.55. The maximum Gasteiger partial charge on any atom is 0.273 e. The minimum atomic E-state index is -0.424. The second-order valence-electron chi connectivity index (χ2n) is 6.14. The maximum absolute atomic E-state index is 12.1. The minimum Gasteiger partial charge on any atom is -0.461 e. The summed E-state index contributed by atoms with van der Waals surface area (Å²) in [5.74, 6) is -0.172. The smallest absolute Gasteiger partial charge is 0.273 e. The van der Waals surface area contributed by atoms with Gasteiger partial charge < -0.3 is 9.40 Å². The first-order valence-electron chi connectivity index (χ1n) is 8.14. The van der Waals surface area contributed by atoms with Crippen LogP contribution in [0.3, 0.4) is 0 Å². The Kier molecular flexibility index (Phi) is 5.18. The Bertz CT molecular complexity index is 1170. The summed E-state index contributed by atoms with van der Waals surface area (Å²) in [5, 5.41) is 11.3. The monoisotopic (exact) mass is 384 g/mol. The van der Waals surface area contributed by atoms with E-state index in [2.05, 4.69) is 4.98 Å². The van der Waals surface area contributed by atoms with Crippen molar-refractivity contribution in [2.45, 2.75) is 19.8 Å². The molecule has 1 aromatic carbocycles. The highest BCUT2D eigenvalue weighted by Crippen LogP contribution is 2.27. The summed E-state index contributed by atoms with van der Waals surface area (Å²) in [6, 6.07) is 8.02. The number of carbonyl (C=O) groups is 1. The fraction of sp³-hybridized carbons (Fsp3) is 0.158. The third-order valence-corrected chi connectivity index (χ3v) is 4.84. The minimum absolute atomic E-state index is 0.0124. The number of aromatic amines is 1. The van der Waals surface area contributed by atoms with E-state index in [0.29, 0.717) is 20.3 Å². The average molecular weight is 384 g/mol. The highest BCUT2D eigenvalue weighted by molar-refractivity contribution is 7.07. The third-order valence-electron chi connectivity index (χ3n) is 3.88. The fourth-order valence-corrected chi connectivity index (χ4v) is 3.47. The van der Waals surface area contributed by atoms with Gasteiger partial charge >= 0.3 is 0 Å². The Hall–Kier alpha value is -3.26. The van der Waals surface area contributed by atoms with Crippen LogP contribution in [-0.2, 0) is 0 Å². The molecule has 7 nitrogen and oxygen atoms in total. The van der Waals surface area contributed by atoms with E-state index in [0.717, 1.165) is 11.3 Å². The van der Waals surface area contributed by atoms with Crippen LogP contribution in [0.25, 0.3) is 12.2 Å². The van der Waals surface area contributed by atoms with Crippen LogP contribution in [0.5, 0.6) is 0 Å². The fourth-order valence-electron chi connectivity index (χ4n) is 2.58. The van der Waals surface area contributed by atoms with Gasteiger partial charge in [0.25, 0.3) is 11.2 Å². The maximum atomic E-state index is 12.1. The second-order valence-corrected chi connectivity index (χ2v) is 7.23. The van der Waals surface area contributed by atoms with Gasteiger partial charge in [-0.05, 0) is 29.7 Å². The molecule has 2 heterocycles. The normalized spacial score (nSPS) is 12.7. The van der Waals surface area contributed by atoms with Gasteiger partial charge in [-0.15, -0.1) is 11.3 Å². The second kappa shape index (κ2) is 7.55. The molecule has 0 saturated heterocycles. The van der Waals surface area contributed by atoms with Gasteiger partial charge in [-0.25, -0.2) is 0 Å². The summed E-state index contributed by atoms with van der Waals surface area (Å²) in [5.41, 5.74) is 0.832. The number of carbonyl (C=O) groups excluding carboxylic acids is 1. The lowest BCUT2D eigenvalue weighted by Crippen LogP contribution is -2.20. The van der Waals surface area contributed by atoms with Crippen molar-refractivity contribution in [3.63, 3.8) is 0 Å². The summed E-state index contributed by atoms with van der Waals surface area (Å²) in [6.07, 6.45) is 4.24. The van der Waals surface area contributed by atoms with E-state index >= 15 is 0 Å². The van der Waals surface area contributed by atoms with Crippen LogP contribution < -0.4 is 14.8 Å². The van der Waals surface area contributed by atoms with Crippen molar-refractivity contribution in [1.82, 2.24) is 4.98 Å². The van der Waals surface area contributed by atoms with Gasteiger partial charge in [0.2, 0.25) is 5.78 Å². The van der Waals surface area contributed by atoms with Crippen molar-refractivity contribution in [3.8, 4) is 0 Å². The molecule has 1 N–H and O–H groups in total. The molecule has 0 saturated carbocycles. The number of nitro benzene ring substituents is 1. The molecule has 0 aliphatic heterocycles. The first kappa shape index (κ1) is 18.5. The lowest BCUT2D eigenvalue weighted by Gasteiger charge is -2.06. The molecule has 0 amide bonds. The molecular formula is C19H16N2O5S. The van der Waals surface area contributed by atoms with Gasteiger partial charge in [0.05, 0.1) is 20.4 Å². The molecule has 0 aliphatic carbocycles. The highest BCUT2D eigenvalue weighted by atomic mass is 32.1. The molecule has 0 unspecified atom stereocenters. The van der Waals surface area contributed by atoms with Gasteiger partial charge in [0.1, 0.15) is 0 Å². The van der Waals surface area contributed by atoms with Crippen LogP contribution in [0.4, 0.5) is 5.69 Å². The number of H-pyrrole nitrogens is 1. The van der Waals surface area contributed by atoms with Crippen molar-refractivity contribution in [3.05, 3.63) is 83.1 Å². The lowest BCUT2D eigenvalue weighted by molar-refractivity contribution is -0.385. The molecule has 0 bridgehead atoms. The zero-order chi connectivity index (χ0) is 19.6. The van der Waals surface area contributed by atoms with Crippen molar-refractivity contribution in [2.75, 3.05) is 0 Å². The number of ketones is 1. The van der Waals surface area contributed by atoms with Crippen molar-refractivity contribution in [2.24, 2.45) is 0 Å². The van der Waals surface area contributed by atoms with Crippen LogP contribution in [0, 0.1) is 10.1 Å². The summed E-state index contributed by atoms with van der Waals surface area (Å²) >= 11 is 1.09. The molecule has 27 heavy (non-hydrogen) atoms. The van der Waals surface area contributed by atoms with E-state index in [1.165, 1.54) is 24.5 Å². The number of thiazole rings is 1. The Morgan fingerprint density at radius 1 is 1.33 bits per heavy atom. The van der Waals surface area contributed by atoms with E-state index in [9.17, 15) is 19.7 Å². The molecular weight excluding hydrogens is 368 g/mol. The van der Waals surface area contributed by atoms with Crippen LogP contribution in [0.1, 0.15) is 41.4 Å². The first-order valence-corrected chi connectivity index (χ1v) is 8.95. The molecule has 0 aliphatic rings. The standard InChI is InChI=1S/C19H16N2O5S/c1-11(2)13-6-5-12(8-14(13)21(24)25)9-17-19(23)20-18(27-17)10-15(22)16-4-3-7-26-16/h3-11H,1-2H3,(H,20,23). The Morgan fingerprint density at radius 2 is 2.11 bits per heavy atom. The number of Topliss-reactive ketones (excluding diaryl/α,β-unsaturated/α-hetero) is 1. The van der Waals surface area contributed by atoms with Crippen LogP contribution in [-0.4, -0.2) is 15.7 Å². The van der Waals surface area contributed by atoms with Gasteiger partial charge in [0, 0.05) is 17.7 Å². The van der Waals surface area contributed by atoms with Crippen LogP contribution >= 0.6 is 11.3 Å². The number of furan rings is 1. The zero-order valence-corrected chi connectivity index (χ0v) is 15.4. The summed E-state index contributed by atoms with van der Waals surface area (Å²) < 4.78 is 5.75. The van der Waals surface area contributed by atoms with Gasteiger partial charge in [-0.1, -0.05) is 26.0 Å². The summed E-state index contributed by atoms with van der Waals surface area (Å²) in [7, 11) is 0. The Balaban J connectivity index is 2.03. The van der Waals surface area contributed by atoms with Crippen molar-refractivity contribution >= 4 is 35.0 Å². The Labute approximate surface area is 157 Å². The van der Waals surface area contributed by atoms with Gasteiger partial charge in [0.15, 0.2) is 5.76 Å².